The molecule has 0 atom stereocenters. The third kappa shape index (κ3) is 7.88. The molecule has 6 nitrogen and oxygen atoms in total. The number of alkyl halides is 3. The summed E-state index contributed by atoms with van der Waals surface area (Å²) < 4.78 is 60.5. The number of hydrogen-bond acceptors (Lipinski definition) is 4. The van der Waals surface area contributed by atoms with Crippen molar-refractivity contribution in [1.29, 1.82) is 0 Å². The fourth-order valence-corrected chi connectivity index (χ4v) is 2.92. The van der Waals surface area contributed by atoms with Gasteiger partial charge in [-0.25, -0.2) is 8.42 Å². The first-order chi connectivity index (χ1) is 8.62. The number of amidine groups is 1. The van der Waals surface area contributed by atoms with Crippen molar-refractivity contribution in [3.63, 3.8) is 0 Å². The first kappa shape index (κ1) is 18.0. The van der Waals surface area contributed by atoms with Crippen molar-refractivity contribution in [2.75, 3.05) is 18.8 Å². The highest BCUT2D eigenvalue weighted by molar-refractivity contribution is 7.89. The van der Waals surface area contributed by atoms with Crippen molar-refractivity contribution >= 4 is 15.9 Å². The standard InChI is InChI=1S/C9H18F3N3O3S/c1-2-5-15(7-8(13)14-16)19(17,18)6-3-4-9(10,11)12/h16H,2-7H2,1H3,(H2,13,14). The van der Waals surface area contributed by atoms with Crippen LogP contribution < -0.4 is 5.73 Å². The highest BCUT2D eigenvalue weighted by Crippen LogP contribution is 2.22. The van der Waals surface area contributed by atoms with Gasteiger partial charge in [0, 0.05) is 13.0 Å². The van der Waals surface area contributed by atoms with E-state index in [4.69, 9.17) is 10.9 Å². The summed E-state index contributed by atoms with van der Waals surface area (Å²) in [7, 11) is -3.85. The predicted octanol–water partition coefficient (Wildman–Crippen LogP) is 1.12. The number of oxime groups is 1. The normalized spacial score (nSPS) is 14.1. The molecule has 0 saturated carbocycles. The van der Waals surface area contributed by atoms with E-state index in [0.29, 0.717) is 6.42 Å². The van der Waals surface area contributed by atoms with Gasteiger partial charge in [0.05, 0.1) is 12.3 Å². The third-order valence-electron chi connectivity index (χ3n) is 2.20. The summed E-state index contributed by atoms with van der Waals surface area (Å²) in [6.07, 6.45) is -5.58. The summed E-state index contributed by atoms with van der Waals surface area (Å²) in [4.78, 5) is 0. The van der Waals surface area contributed by atoms with Crippen LogP contribution in [0, 0.1) is 0 Å². The lowest BCUT2D eigenvalue weighted by Crippen LogP contribution is -2.40. The molecule has 0 bridgehead atoms. The summed E-state index contributed by atoms with van der Waals surface area (Å²) >= 11 is 0. The van der Waals surface area contributed by atoms with Gasteiger partial charge in [-0.3, -0.25) is 0 Å². The molecule has 0 aromatic rings. The van der Waals surface area contributed by atoms with Crippen LogP contribution in [0.25, 0.3) is 0 Å². The molecule has 0 amide bonds. The van der Waals surface area contributed by atoms with E-state index in [1.807, 2.05) is 0 Å². The Morgan fingerprint density at radius 3 is 2.42 bits per heavy atom. The van der Waals surface area contributed by atoms with Gasteiger partial charge in [-0.05, 0) is 12.8 Å². The second-order valence-corrected chi connectivity index (χ2v) is 6.05. The van der Waals surface area contributed by atoms with E-state index in [0.717, 1.165) is 4.31 Å². The quantitative estimate of drug-likeness (QED) is 0.304. The maximum atomic E-state index is 12.0. The fraction of sp³-hybridized carbons (Fsp3) is 0.889. The Hall–Kier alpha value is -1.03. The lowest BCUT2D eigenvalue weighted by molar-refractivity contribution is -0.134. The van der Waals surface area contributed by atoms with Crippen LogP contribution in [0.15, 0.2) is 5.16 Å². The first-order valence-corrected chi connectivity index (χ1v) is 7.24. The molecule has 0 aliphatic heterocycles. The Kier molecular flexibility index (Phi) is 7.12. The molecular weight excluding hydrogens is 287 g/mol. The van der Waals surface area contributed by atoms with Gasteiger partial charge in [0.2, 0.25) is 10.0 Å². The highest BCUT2D eigenvalue weighted by atomic mass is 32.2. The Balaban J connectivity index is 4.62. The van der Waals surface area contributed by atoms with E-state index in [1.54, 1.807) is 6.92 Å². The summed E-state index contributed by atoms with van der Waals surface area (Å²) in [6, 6.07) is 0. The Bertz CT molecular complexity index is 395. The third-order valence-corrected chi connectivity index (χ3v) is 4.10. The summed E-state index contributed by atoms with van der Waals surface area (Å²) in [5, 5.41) is 11.0. The molecule has 0 heterocycles. The van der Waals surface area contributed by atoms with E-state index in [1.165, 1.54) is 0 Å². The van der Waals surface area contributed by atoms with Crippen molar-refractivity contribution in [1.82, 2.24) is 4.31 Å². The Morgan fingerprint density at radius 1 is 1.42 bits per heavy atom. The van der Waals surface area contributed by atoms with Gasteiger partial charge >= 0.3 is 6.18 Å². The van der Waals surface area contributed by atoms with E-state index >= 15 is 0 Å². The minimum absolute atomic E-state index is 0.102. The molecule has 0 aromatic carbocycles. The zero-order chi connectivity index (χ0) is 15.1. The molecule has 0 aromatic heterocycles. The minimum Gasteiger partial charge on any atom is -0.409 e. The molecular formula is C9H18F3N3O3S. The first-order valence-electron chi connectivity index (χ1n) is 5.63. The number of nitrogens with zero attached hydrogens (tertiary/aromatic N) is 2. The van der Waals surface area contributed by atoms with Crippen LogP contribution in [0.2, 0.25) is 0 Å². The molecule has 0 fully saturated rings. The van der Waals surface area contributed by atoms with Gasteiger partial charge in [0.25, 0.3) is 0 Å². The number of hydrogen-bond donors (Lipinski definition) is 2. The van der Waals surface area contributed by atoms with Crippen LogP contribution in [-0.2, 0) is 10.0 Å². The molecule has 0 aliphatic rings. The van der Waals surface area contributed by atoms with Gasteiger partial charge in [-0.2, -0.15) is 17.5 Å². The SMILES string of the molecule is CCCN(CC(N)=NO)S(=O)(=O)CCCC(F)(F)F. The minimum atomic E-state index is -4.38. The lowest BCUT2D eigenvalue weighted by Gasteiger charge is -2.20. The van der Waals surface area contributed by atoms with Crippen LogP contribution in [0.4, 0.5) is 13.2 Å². The van der Waals surface area contributed by atoms with Gasteiger partial charge < -0.3 is 10.9 Å². The molecule has 19 heavy (non-hydrogen) atoms. The zero-order valence-corrected chi connectivity index (χ0v) is 11.3. The van der Waals surface area contributed by atoms with E-state index in [2.05, 4.69) is 5.16 Å². The Morgan fingerprint density at radius 2 is 2.00 bits per heavy atom. The second kappa shape index (κ2) is 7.53. The van der Waals surface area contributed by atoms with Crippen molar-refractivity contribution in [3.8, 4) is 0 Å². The van der Waals surface area contributed by atoms with E-state index in [-0.39, 0.29) is 18.9 Å². The van der Waals surface area contributed by atoms with E-state index in [9.17, 15) is 21.6 Å². The molecule has 10 heteroatoms. The highest BCUT2D eigenvalue weighted by Gasteiger charge is 2.29. The van der Waals surface area contributed by atoms with Crippen LogP contribution in [0.3, 0.4) is 0 Å². The van der Waals surface area contributed by atoms with Crippen LogP contribution in [0.5, 0.6) is 0 Å². The summed E-state index contributed by atoms with van der Waals surface area (Å²) in [5.74, 6) is -0.932. The lowest BCUT2D eigenvalue weighted by atomic mass is 10.3. The van der Waals surface area contributed by atoms with Gasteiger partial charge in [-0.1, -0.05) is 12.1 Å². The average molecular weight is 305 g/mol. The largest absolute Gasteiger partial charge is 0.409 e. The summed E-state index contributed by atoms with van der Waals surface area (Å²) in [6.45, 7) is 1.48. The van der Waals surface area contributed by atoms with Crippen LogP contribution in [-0.4, -0.2) is 48.8 Å². The molecule has 114 valence electrons. The molecule has 0 aliphatic carbocycles. The van der Waals surface area contributed by atoms with E-state index < -0.39 is 34.8 Å². The molecule has 0 radical (unpaired) electrons. The molecule has 0 spiro atoms. The van der Waals surface area contributed by atoms with Gasteiger partial charge in [0.15, 0.2) is 5.84 Å². The summed E-state index contributed by atoms with van der Waals surface area (Å²) in [5.41, 5.74) is 5.21. The topological polar surface area (TPSA) is 96.0 Å². The fourth-order valence-electron chi connectivity index (χ4n) is 1.36. The van der Waals surface area contributed by atoms with Crippen LogP contribution in [0.1, 0.15) is 26.2 Å². The van der Waals surface area contributed by atoms with Gasteiger partial charge in [0.1, 0.15) is 0 Å². The van der Waals surface area contributed by atoms with Gasteiger partial charge in [-0.15, -0.1) is 0 Å². The monoisotopic (exact) mass is 305 g/mol. The van der Waals surface area contributed by atoms with Crippen molar-refractivity contribution < 1.29 is 26.8 Å². The molecule has 0 saturated heterocycles. The number of rotatable bonds is 8. The van der Waals surface area contributed by atoms with Crippen LogP contribution >= 0.6 is 0 Å². The molecule has 0 unspecified atom stereocenters. The molecule has 0 rings (SSSR count). The number of sulfonamides is 1. The van der Waals surface area contributed by atoms with Crippen molar-refractivity contribution in [3.05, 3.63) is 0 Å². The number of halogens is 3. The molecule has 3 N–H and O–H groups in total. The second-order valence-electron chi connectivity index (χ2n) is 3.96. The number of nitrogens with two attached hydrogens (primary N) is 1. The van der Waals surface area contributed by atoms with Crippen molar-refractivity contribution in [2.45, 2.75) is 32.4 Å². The Labute approximate surface area is 110 Å². The maximum absolute atomic E-state index is 12.0. The zero-order valence-electron chi connectivity index (χ0n) is 10.5. The average Bonchev–Trinajstić information content (AvgIpc) is 2.26. The maximum Gasteiger partial charge on any atom is 0.389 e. The van der Waals surface area contributed by atoms with Crippen molar-refractivity contribution in [2.24, 2.45) is 10.9 Å². The smallest absolute Gasteiger partial charge is 0.389 e. The predicted molar refractivity (Wildman–Crippen MR) is 64.3 cm³/mol.